The second-order valence-corrected chi connectivity index (χ2v) is 4.26. The number of nitrogens with one attached hydrogen (secondary N) is 1. The summed E-state index contributed by atoms with van der Waals surface area (Å²) in [6.07, 6.45) is 0.709. The molecule has 1 amide bonds. The Morgan fingerprint density at radius 3 is 2.57 bits per heavy atom. The van der Waals surface area contributed by atoms with Crippen molar-refractivity contribution in [1.82, 2.24) is 5.32 Å². The third kappa shape index (κ3) is 2.69. The lowest BCUT2D eigenvalue weighted by atomic mass is 9.90. The zero-order chi connectivity index (χ0) is 10.7. The van der Waals surface area contributed by atoms with Gasteiger partial charge in [-0.3, -0.25) is 4.79 Å². The number of amides is 1. The third-order valence-corrected chi connectivity index (χ3v) is 2.67. The zero-order valence-electron chi connectivity index (χ0n) is 8.73. The van der Waals surface area contributed by atoms with Crippen molar-refractivity contribution in [1.29, 1.82) is 0 Å². The highest BCUT2D eigenvalue weighted by atomic mass is 16.3. The minimum Gasteiger partial charge on any atom is -0.390 e. The van der Waals surface area contributed by atoms with Crippen LogP contribution in [0.15, 0.2) is 0 Å². The van der Waals surface area contributed by atoms with Crippen LogP contribution in [0.25, 0.3) is 0 Å². The maximum Gasteiger partial charge on any atom is 0.222 e. The van der Waals surface area contributed by atoms with Crippen molar-refractivity contribution in [2.45, 2.75) is 51.4 Å². The minimum atomic E-state index is -0.813. The zero-order valence-corrected chi connectivity index (χ0v) is 8.73. The van der Waals surface area contributed by atoms with Gasteiger partial charge in [0.2, 0.25) is 5.91 Å². The maximum atomic E-state index is 11.4. The summed E-state index contributed by atoms with van der Waals surface area (Å²) in [6.45, 7) is 3.61. The van der Waals surface area contributed by atoms with Gasteiger partial charge in [0, 0.05) is 5.92 Å². The highest BCUT2D eigenvalue weighted by molar-refractivity contribution is 5.78. The number of carbonyl (C=O) groups is 1. The van der Waals surface area contributed by atoms with Crippen LogP contribution in [0.3, 0.4) is 0 Å². The molecule has 0 unspecified atom stereocenters. The van der Waals surface area contributed by atoms with Crippen LogP contribution in [0.1, 0.15) is 33.1 Å². The standard InChI is InChI=1S/C10H19NO3/c1-6(2)10(14)11-7-4-3-5-8(12)9(7)13/h6-9,12-13H,3-5H2,1-2H3,(H,11,14)/t7-,8-,9+/m1/s1. The monoisotopic (exact) mass is 201 g/mol. The van der Waals surface area contributed by atoms with E-state index in [0.717, 1.165) is 12.8 Å². The molecule has 14 heavy (non-hydrogen) atoms. The van der Waals surface area contributed by atoms with Gasteiger partial charge in [0.25, 0.3) is 0 Å². The van der Waals surface area contributed by atoms with Crippen molar-refractivity contribution < 1.29 is 15.0 Å². The van der Waals surface area contributed by atoms with Gasteiger partial charge in [-0.25, -0.2) is 0 Å². The number of aliphatic hydroxyl groups excluding tert-OH is 2. The summed E-state index contributed by atoms with van der Waals surface area (Å²) in [7, 11) is 0. The SMILES string of the molecule is CC(C)C(=O)N[C@@H]1CCC[C@@H](O)[C@H]1O. The Hall–Kier alpha value is -0.610. The number of aliphatic hydroxyl groups is 2. The van der Waals surface area contributed by atoms with E-state index in [1.807, 2.05) is 0 Å². The van der Waals surface area contributed by atoms with Gasteiger partial charge in [-0.05, 0) is 19.3 Å². The highest BCUT2D eigenvalue weighted by Crippen LogP contribution is 2.19. The quantitative estimate of drug-likeness (QED) is 0.590. The van der Waals surface area contributed by atoms with Crippen molar-refractivity contribution in [3.63, 3.8) is 0 Å². The molecule has 0 aromatic carbocycles. The Morgan fingerprint density at radius 1 is 1.36 bits per heavy atom. The topological polar surface area (TPSA) is 69.6 Å². The van der Waals surface area contributed by atoms with Gasteiger partial charge in [-0.15, -0.1) is 0 Å². The van der Waals surface area contributed by atoms with E-state index in [9.17, 15) is 15.0 Å². The molecule has 1 fully saturated rings. The van der Waals surface area contributed by atoms with Crippen molar-refractivity contribution in [2.24, 2.45) is 5.92 Å². The van der Waals surface area contributed by atoms with E-state index in [1.54, 1.807) is 13.8 Å². The molecule has 82 valence electrons. The molecule has 0 aliphatic heterocycles. The Bertz CT molecular complexity index is 206. The summed E-state index contributed by atoms with van der Waals surface area (Å²) in [5.74, 6) is -0.149. The van der Waals surface area contributed by atoms with Gasteiger partial charge in [-0.1, -0.05) is 13.8 Å². The highest BCUT2D eigenvalue weighted by Gasteiger charge is 2.31. The summed E-state index contributed by atoms with van der Waals surface area (Å²) in [6, 6.07) is -0.284. The molecule has 1 aliphatic carbocycles. The minimum absolute atomic E-state index is 0.0665. The average molecular weight is 201 g/mol. The molecule has 3 N–H and O–H groups in total. The van der Waals surface area contributed by atoms with Crippen molar-refractivity contribution in [3.8, 4) is 0 Å². The summed E-state index contributed by atoms with van der Waals surface area (Å²) < 4.78 is 0. The maximum absolute atomic E-state index is 11.4. The van der Waals surface area contributed by atoms with E-state index in [2.05, 4.69) is 5.32 Å². The molecule has 4 nitrogen and oxygen atoms in total. The van der Waals surface area contributed by atoms with E-state index >= 15 is 0 Å². The first-order valence-corrected chi connectivity index (χ1v) is 5.19. The van der Waals surface area contributed by atoms with E-state index in [1.165, 1.54) is 0 Å². The molecule has 0 aromatic rings. The molecule has 0 radical (unpaired) electrons. The Morgan fingerprint density at radius 2 is 2.00 bits per heavy atom. The first kappa shape index (κ1) is 11.5. The molecule has 0 spiro atoms. The molecular weight excluding hydrogens is 182 g/mol. The summed E-state index contributed by atoms with van der Waals surface area (Å²) in [4.78, 5) is 11.4. The lowest BCUT2D eigenvalue weighted by molar-refractivity contribution is -0.127. The van der Waals surface area contributed by atoms with Gasteiger partial charge in [-0.2, -0.15) is 0 Å². The van der Waals surface area contributed by atoms with Crippen LogP contribution in [0.4, 0.5) is 0 Å². The van der Waals surface area contributed by atoms with Crippen LogP contribution in [0, 0.1) is 5.92 Å². The van der Waals surface area contributed by atoms with Gasteiger partial charge in [0.1, 0.15) is 0 Å². The first-order chi connectivity index (χ1) is 6.52. The second kappa shape index (κ2) is 4.75. The molecule has 4 heteroatoms. The molecule has 0 bridgehead atoms. The average Bonchev–Trinajstić information content (AvgIpc) is 2.12. The predicted molar refractivity (Wildman–Crippen MR) is 52.6 cm³/mol. The first-order valence-electron chi connectivity index (χ1n) is 5.19. The second-order valence-electron chi connectivity index (χ2n) is 4.26. The Kier molecular flexibility index (Phi) is 3.89. The lowest BCUT2D eigenvalue weighted by Gasteiger charge is -2.32. The Labute approximate surface area is 84.3 Å². The van der Waals surface area contributed by atoms with Crippen molar-refractivity contribution in [2.75, 3.05) is 0 Å². The molecule has 0 aromatic heterocycles. The smallest absolute Gasteiger partial charge is 0.222 e. The van der Waals surface area contributed by atoms with E-state index in [-0.39, 0.29) is 17.9 Å². The third-order valence-electron chi connectivity index (χ3n) is 2.67. The number of carbonyl (C=O) groups excluding carboxylic acids is 1. The number of hydrogen-bond acceptors (Lipinski definition) is 3. The van der Waals surface area contributed by atoms with Gasteiger partial charge < -0.3 is 15.5 Å². The molecule has 0 saturated heterocycles. The van der Waals surface area contributed by atoms with E-state index in [4.69, 9.17) is 0 Å². The summed E-state index contributed by atoms with van der Waals surface area (Å²) in [5.41, 5.74) is 0. The number of rotatable bonds is 2. The van der Waals surface area contributed by atoms with Crippen molar-refractivity contribution in [3.05, 3.63) is 0 Å². The molecular formula is C10H19NO3. The van der Waals surface area contributed by atoms with Crippen LogP contribution in [0.2, 0.25) is 0 Å². The van der Waals surface area contributed by atoms with Crippen LogP contribution >= 0.6 is 0 Å². The molecule has 0 heterocycles. The molecule has 1 rings (SSSR count). The Balaban J connectivity index is 2.47. The fourth-order valence-corrected chi connectivity index (χ4v) is 1.66. The predicted octanol–water partition coefficient (Wildman–Crippen LogP) is 0.0329. The largest absolute Gasteiger partial charge is 0.390 e. The normalized spacial score (nSPS) is 33.1. The molecule has 3 atom stereocenters. The van der Waals surface area contributed by atoms with Gasteiger partial charge in [0.15, 0.2) is 0 Å². The van der Waals surface area contributed by atoms with E-state index in [0.29, 0.717) is 6.42 Å². The van der Waals surface area contributed by atoms with Crippen LogP contribution in [-0.2, 0) is 4.79 Å². The lowest BCUT2D eigenvalue weighted by Crippen LogP contribution is -2.51. The van der Waals surface area contributed by atoms with Crippen LogP contribution in [0.5, 0.6) is 0 Å². The molecule has 1 aliphatic rings. The molecule has 1 saturated carbocycles. The summed E-state index contributed by atoms with van der Waals surface area (Å²) >= 11 is 0. The number of hydrogen-bond donors (Lipinski definition) is 3. The van der Waals surface area contributed by atoms with E-state index < -0.39 is 12.2 Å². The fraction of sp³-hybridized carbons (Fsp3) is 0.900. The van der Waals surface area contributed by atoms with Gasteiger partial charge >= 0.3 is 0 Å². The van der Waals surface area contributed by atoms with Crippen LogP contribution < -0.4 is 5.32 Å². The van der Waals surface area contributed by atoms with Gasteiger partial charge in [0.05, 0.1) is 18.2 Å². The van der Waals surface area contributed by atoms with Crippen LogP contribution in [-0.4, -0.2) is 34.4 Å². The van der Waals surface area contributed by atoms with Crippen molar-refractivity contribution >= 4 is 5.91 Å². The summed E-state index contributed by atoms with van der Waals surface area (Å²) in [5, 5.41) is 21.8. The fourth-order valence-electron chi connectivity index (χ4n) is 1.66.